The van der Waals surface area contributed by atoms with Crippen molar-refractivity contribution in [1.82, 2.24) is 9.62 Å². The Kier molecular flexibility index (Phi) is 5.54. The molecule has 0 bridgehead atoms. The Morgan fingerprint density at radius 1 is 1.07 bits per heavy atom. The van der Waals surface area contributed by atoms with Gasteiger partial charge in [-0.3, -0.25) is 0 Å². The number of esters is 2. The SMILES string of the molecule is O=C(OC(=O)[C@@H]1CCCN1S(=O)(=O)c1cc(F)c(F)c(F)c1)[C@@H]1CCCN1. The molecule has 148 valence electrons. The average molecular weight is 406 g/mol. The van der Waals surface area contributed by atoms with Crippen molar-refractivity contribution in [2.24, 2.45) is 0 Å². The first kappa shape index (κ1) is 19.8. The summed E-state index contributed by atoms with van der Waals surface area (Å²) in [6.07, 6.45) is 1.64. The maximum absolute atomic E-state index is 13.4. The van der Waals surface area contributed by atoms with Crippen molar-refractivity contribution in [3.63, 3.8) is 0 Å². The van der Waals surface area contributed by atoms with E-state index in [0.29, 0.717) is 31.5 Å². The zero-order chi connectivity index (χ0) is 19.8. The van der Waals surface area contributed by atoms with Gasteiger partial charge in [0.1, 0.15) is 12.1 Å². The average Bonchev–Trinajstić information content (AvgIpc) is 3.30. The summed E-state index contributed by atoms with van der Waals surface area (Å²) in [5.74, 6) is -6.94. The van der Waals surface area contributed by atoms with Crippen LogP contribution in [0, 0.1) is 17.5 Å². The predicted octanol–water partition coefficient (Wildman–Crippen LogP) is 1.08. The lowest BCUT2D eigenvalue weighted by molar-refractivity contribution is -0.163. The van der Waals surface area contributed by atoms with Crippen molar-refractivity contribution in [3.05, 3.63) is 29.6 Å². The number of hydrogen-bond acceptors (Lipinski definition) is 6. The zero-order valence-electron chi connectivity index (χ0n) is 14.1. The van der Waals surface area contributed by atoms with Gasteiger partial charge < -0.3 is 10.1 Å². The molecule has 11 heteroatoms. The van der Waals surface area contributed by atoms with E-state index in [2.05, 4.69) is 5.32 Å². The Labute approximate surface area is 153 Å². The lowest BCUT2D eigenvalue weighted by Gasteiger charge is -2.23. The van der Waals surface area contributed by atoms with Crippen molar-refractivity contribution in [3.8, 4) is 0 Å². The molecule has 2 fully saturated rings. The second-order valence-corrected chi connectivity index (χ2v) is 8.25. The summed E-state index contributed by atoms with van der Waals surface area (Å²) >= 11 is 0. The molecular formula is C16H17F3N2O5S. The van der Waals surface area contributed by atoms with Gasteiger partial charge in [-0.05, 0) is 44.4 Å². The highest BCUT2D eigenvalue weighted by Gasteiger charge is 2.42. The quantitative estimate of drug-likeness (QED) is 0.457. The van der Waals surface area contributed by atoms with Crippen LogP contribution in [0.25, 0.3) is 0 Å². The normalized spacial score (nSPS) is 23.5. The largest absolute Gasteiger partial charge is 0.391 e. The molecule has 0 unspecified atom stereocenters. The minimum absolute atomic E-state index is 0.0929. The minimum atomic E-state index is -4.49. The van der Waals surface area contributed by atoms with Crippen molar-refractivity contribution in [2.75, 3.05) is 13.1 Å². The van der Waals surface area contributed by atoms with Gasteiger partial charge in [0, 0.05) is 6.54 Å². The van der Waals surface area contributed by atoms with E-state index in [1.54, 1.807) is 0 Å². The van der Waals surface area contributed by atoms with E-state index in [1.807, 2.05) is 0 Å². The summed E-state index contributed by atoms with van der Waals surface area (Å²) in [5, 5.41) is 2.86. The van der Waals surface area contributed by atoms with E-state index < -0.39 is 56.4 Å². The van der Waals surface area contributed by atoms with Gasteiger partial charge in [-0.1, -0.05) is 0 Å². The summed E-state index contributed by atoms with van der Waals surface area (Å²) in [5.41, 5.74) is 0. The molecule has 0 aromatic heterocycles. The van der Waals surface area contributed by atoms with Gasteiger partial charge in [0.2, 0.25) is 10.0 Å². The standard InChI is InChI=1S/C16H17F3N2O5S/c17-10-7-9(8-11(18)14(10)19)27(24,25)21-6-2-4-13(21)16(23)26-15(22)12-3-1-5-20-12/h7-8,12-13,20H,1-6H2/t12-,13-/m0/s1. The number of nitrogens with one attached hydrogen (secondary N) is 1. The molecular weight excluding hydrogens is 389 g/mol. The van der Waals surface area contributed by atoms with E-state index in [1.165, 1.54) is 0 Å². The molecule has 1 aromatic rings. The summed E-state index contributed by atoms with van der Waals surface area (Å²) in [7, 11) is -4.49. The summed E-state index contributed by atoms with van der Waals surface area (Å²) in [4.78, 5) is 23.4. The van der Waals surface area contributed by atoms with Gasteiger partial charge in [0.05, 0.1) is 4.90 Å². The summed E-state index contributed by atoms with van der Waals surface area (Å²) in [6.45, 7) is 0.512. The van der Waals surface area contributed by atoms with Gasteiger partial charge >= 0.3 is 11.9 Å². The molecule has 1 N–H and O–H groups in total. The molecule has 2 atom stereocenters. The fourth-order valence-electron chi connectivity index (χ4n) is 3.20. The van der Waals surface area contributed by atoms with Crippen LogP contribution in [0.5, 0.6) is 0 Å². The second-order valence-electron chi connectivity index (χ2n) is 6.36. The molecule has 2 heterocycles. The van der Waals surface area contributed by atoms with Gasteiger partial charge in [-0.2, -0.15) is 4.31 Å². The number of halogens is 3. The molecule has 2 aliphatic heterocycles. The molecule has 3 rings (SSSR count). The van der Waals surface area contributed by atoms with Crippen LogP contribution in [-0.4, -0.2) is 49.8 Å². The van der Waals surface area contributed by atoms with Crippen LogP contribution in [0.1, 0.15) is 25.7 Å². The maximum Gasteiger partial charge on any atom is 0.332 e. The molecule has 0 aliphatic carbocycles. The molecule has 27 heavy (non-hydrogen) atoms. The first-order chi connectivity index (χ1) is 12.7. The van der Waals surface area contributed by atoms with Crippen LogP contribution in [0.15, 0.2) is 17.0 Å². The molecule has 7 nitrogen and oxygen atoms in total. The Balaban J connectivity index is 1.80. The molecule has 0 spiro atoms. The second kappa shape index (κ2) is 7.56. The lowest BCUT2D eigenvalue weighted by Crippen LogP contribution is -2.44. The first-order valence-electron chi connectivity index (χ1n) is 8.37. The Bertz CT molecular complexity index is 848. The fourth-order valence-corrected chi connectivity index (χ4v) is 4.88. The third kappa shape index (κ3) is 3.85. The number of sulfonamides is 1. The van der Waals surface area contributed by atoms with E-state index in [0.717, 1.165) is 10.7 Å². The van der Waals surface area contributed by atoms with E-state index in [-0.39, 0.29) is 13.0 Å². The molecule has 2 saturated heterocycles. The number of ether oxygens (including phenoxy) is 1. The maximum atomic E-state index is 13.4. The number of rotatable bonds is 4. The van der Waals surface area contributed by atoms with Gasteiger partial charge in [0.25, 0.3) is 0 Å². The highest BCUT2D eigenvalue weighted by atomic mass is 32.2. The third-order valence-corrected chi connectivity index (χ3v) is 6.47. The Morgan fingerprint density at radius 3 is 2.33 bits per heavy atom. The molecule has 2 aliphatic rings. The minimum Gasteiger partial charge on any atom is -0.391 e. The van der Waals surface area contributed by atoms with E-state index >= 15 is 0 Å². The number of benzene rings is 1. The molecule has 1 aromatic carbocycles. The van der Waals surface area contributed by atoms with Gasteiger partial charge in [-0.15, -0.1) is 0 Å². The summed E-state index contributed by atoms with van der Waals surface area (Å²) < 4.78 is 70.8. The molecule has 0 saturated carbocycles. The Morgan fingerprint density at radius 2 is 1.74 bits per heavy atom. The summed E-state index contributed by atoms with van der Waals surface area (Å²) in [6, 6.07) is -1.22. The zero-order valence-corrected chi connectivity index (χ0v) is 14.9. The Hall–Kier alpha value is -1.98. The fraction of sp³-hybridized carbons (Fsp3) is 0.500. The van der Waals surface area contributed by atoms with Crippen molar-refractivity contribution >= 4 is 22.0 Å². The van der Waals surface area contributed by atoms with Crippen LogP contribution >= 0.6 is 0 Å². The van der Waals surface area contributed by atoms with E-state index in [9.17, 15) is 31.2 Å². The smallest absolute Gasteiger partial charge is 0.332 e. The third-order valence-electron chi connectivity index (χ3n) is 4.59. The van der Waals surface area contributed by atoms with E-state index in [4.69, 9.17) is 4.74 Å². The van der Waals surface area contributed by atoms with Gasteiger partial charge in [0.15, 0.2) is 17.5 Å². The predicted molar refractivity (Wildman–Crippen MR) is 85.4 cm³/mol. The van der Waals surface area contributed by atoms with Crippen LogP contribution in [0.2, 0.25) is 0 Å². The van der Waals surface area contributed by atoms with Gasteiger partial charge in [-0.25, -0.2) is 31.2 Å². The first-order valence-corrected chi connectivity index (χ1v) is 9.81. The monoisotopic (exact) mass is 406 g/mol. The number of hydrogen-bond donors (Lipinski definition) is 1. The highest BCUT2D eigenvalue weighted by molar-refractivity contribution is 7.89. The molecule has 0 amide bonds. The van der Waals surface area contributed by atoms with Crippen molar-refractivity contribution in [1.29, 1.82) is 0 Å². The number of carbonyl (C=O) groups excluding carboxylic acids is 2. The highest BCUT2D eigenvalue weighted by Crippen LogP contribution is 2.28. The van der Waals surface area contributed by atoms with Crippen molar-refractivity contribution in [2.45, 2.75) is 42.7 Å². The van der Waals surface area contributed by atoms with Crippen LogP contribution in [0.3, 0.4) is 0 Å². The lowest BCUT2D eigenvalue weighted by atomic mass is 10.2. The number of carbonyl (C=O) groups is 2. The van der Waals surface area contributed by atoms with Crippen molar-refractivity contribution < 1.29 is 35.9 Å². The van der Waals surface area contributed by atoms with Crippen LogP contribution < -0.4 is 5.32 Å². The van der Waals surface area contributed by atoms with Crippen LogP contribution in [0.4, 0.5) is 13.2 Å². The topological polar surface area (TPSA) is 92.8 Å². The van der Waals surface area contributed by atoms with Crippen LogP contribution in [-0.2, 0) is 24.3 Å². The molecule has 0 radical (unpaired) electrons. The number of nitrogens with zero attached hydrogens (tertiary/aromatic N) is 1.